The number of nitrogens with one attached hydrogen (secondary N) is 1. The molecule has 1 aromatic heterocycles. The van der Waals surface area contributed by atoms with Crippen LogP contribution in [-0.4, -0.2) is 59.6 Å². The number of fused-ring (bicyclic) bond motifs is 2. The van der Waals surface area contributed by atoms with E-state index in [0.717, 1.165) is 35.3 Å². The molecular formula is C30H29ClN6O2. The van der Waals surface area contributed by atoms with Gasteiger partial charge in [-0.2, -0.15) is 0 Å². The standard InChI is InChI=1S/C30H29ClN6O2/c1-19(38)37(16-4-15-36(2)3)23-9-7-22(8-10-23)34-29(20-5-12-25-27(17-20)33-14-13-32-25)28-24-11-6-21(31)18-26(24)35-30(28)39/h5-14,17-18,28H,4,15-16H2,1-3H3,(H,35,39). The summed E-state index contributed by atoms with van der Waals surface area (Å²) in [5.74, 6) is -0.822. The number of anilines is 2. The van der Waals surface area contributed by atoms with Crippen molar-refractivity contribution < 1.29 is 9.59 Å². The second kappa shape index (κ2) is 11.3. The van der Waals surface area contributed by atoms with Crippen LogP contribution in [0, 0.1) is 0 Å². The Labute approximate surface area is 232 Å². The maximum Gasteiger partial charge on any atom is 0.238 e. The minimum Gasteiger partial charge on any atom is -0.325 e. The van der Waals surface area contributed by atoms with Crippen molar-refractivity contribution >= 4 is 57.2 Å². The summed E-state index contributed by atoms with van der Waals surface area (Å²) in [5, 5.41) is 3.49. The smallest absolute Gasteiger partial charge is 0.238 e. The van der Waals surface area contributed by atoms with Crippen molar-refractivity contribution in [3.63, 3.8) is 0 Å². The Morgan fingerprint density at radius 2 is 1.72 bits per heavy atom. The van der Waals surface area contributed by atoms with Gasteiger partial charge in [-0.3, -0.25) is 24.5 Å². The second-order valence-corrected chi connectivity index (χ2v) is 10.2. The van der Waals surface area contributed by atoms with Gasteiger partial charge in [-0.25, -0.2) is 0 Å². The van der Waals surface area contributed by atoms with E-state index in [2.05, 4.69) is 20.2 Å². The highest BCUT2D eigenvalue weighted by atomic mass is 35.5. The topological polar surface area (TPSA) is 90.8 Å². The molecule has 0 saturated carbocycles. The Morgan fingerprint density at radius 1 is 0.974 bits per heavy atom. The number of hydrogen-bond acceptors (Lipinski definition) is 6. The van der Waals surface area contributed by atoms with Crippen molar-refractivity contribution in [1.82, 2.24) is 14.9 Å². The van der Waals surface area contributed by atoms with Crippen LogP contribution in [0.4, 0.5) is 17.1 Å². The Balaban J connectivity index is 1.54. The molecule has 9 heteroatoms. The third-order valence-corrected chi connectivity index (χ3v) is 6.90. The van der Waals surface area contributed by atoms with Crippen LogP contribution in [-0.2, 0) is 9.59 Å². The van der Waals surface area contributed by atoms with Gasteiger partial charge in [0.25, 0.3) is 0 Å². The van der Waals surface area contributed by atoms with Gasteiger partial charge in [0.1, 0.15) is 5.92 Å². The van der Waals surface area contributed by atoms with E-state index in [-0.39, 0.29) is 11.8 Å². The molecule has 4 aromatic rings. The van der Waals surface area contributed by atoms with Crippen LogP contribution >= 0.6 is 11.6 Å². The number of aromatic nitrogens is 2. The molecule has 0 saturated heterocycles. The molecule has 0 radical (unpaired) electrons. The SMILES string of the molecule is CC(=O)N(CCCN(C)C)c1ccc(N=C(c2ccc3nccnc3c2)C2C(=O)Nc3cc(Cl)ccc32)cc1. The summed E-state index contributed by atoms with van der Waals surface area (Å²) < 4.78 is 0. The average Bonchev–Trinajstić information content (AvgIpc) is 3.24. The second-order valence-electron chi connectivity index (χ2n) is 9.75. The van der Waals surface area contributed by atoms with E-state index in [1.165, 1.54) is 0 Å². The van der Waals surface area contributed by atoms with Crippen LogP contribution in [0.15, 0.2) is 78.0 Å². The lowest BCUT2D eigenvalue weighted by Gasteiger charge is -2.22. The summed E-state index contributed by atoms with van der Waals surface area (Å²) in [4.78, 5) is 43.3. The highest BCUT2D eigenvalue weighted by Gasteiger charge is 2.35. The van der Waals surface area contributed by atoms with E-state index in [9.17, 15) is 9.59 Å². The van der Waals surface area contributed by atoms with Gasteiger partial charge in [0.2, 0.25) is 11.8 Å². The fourth-order valence-corrected chi connectivity index (χ4v) is 4.96. The van der Waals surface area contributed by atoms with Crippen molar-refractivity contribution in [3.8, 4) is 0 Å². The van der Waals surface area contributed by atoms with Gasteiger partial charge in [0.15, 0.2) is 0 Å². The number of hydrogen-bond donors (Lipinski definition) is 1. The third kappa shape index (κ3) is 5.82. The normalized spacial score (nSPS) is 14.9. The highest BCUT2D eigenvalue weighted by molar-refractivity contribution is 6.31. The van der Waals surface area contributed by atoms with Gasteiger partial charge in [0, 0.05) is 42.3 Å². The monoisotopic (exact) mass is 540 g/mol. The van der Waals surface area contributed by atoms with Crippen molar-refractivity contribution in [2.24, 2.45) is 4.99 Å². The summed E-state index contributed by atoms with van der Waals surface area (Å²) in [5.41, 5.74) is 5.78. The Morgan fingerprint density at radius 3 is 2.44 bits per heavy atom. The van der Waals surface area contributed by atoms with Gasteiger partial charge in [0.05, 0.1) is 22.4 Å². The van der Waals surface area contributed by atoms with Gasteiger partial charge >= 0.3 is 0 Å². The number of halogens is 1. The fraction of sp³-hybridized carbons (Fsp3) is 0.233. The first kappa shape index (κ1) is 26.5. The molecule has 0 spiro atoms. The molecule has 1 N–H and O–H groups in total. The minimum absolute atomic E-state index is 0.0131. The number of aliphatic imine (C=N–C) groups is 1. The lowest BCUT2D eigenvalue weighted by atomic mass is 9.90. The first-order chi connectivity index (χ1) is 18.8. The van der Waals surface area contributed by atoms with Crippen LogP contribution < -0.4 is 10.2 Å². The van der Waals surface area contributed by atoms with Gasteiger partial charge in [-0.15, -0.1) is 0 Å². The summed E-state index contributed by atoms with van der Waals surface area (Å²) in [6, 6.07) is 18.6. The molecule has 5 rings (SSSR count). The Hall–Kier alpha value is -4.14. The molecule has 2 amide bonds. The molecule has 1 unspecified atom stereocenters. The molecular weight excluding hydrogens is 512 g/mol. The van der Waals surface area contributed by atoms with Gasteiger partial charge in [-0.1, -0.05) is 23.7 Å². The van der Waals surface area contributed by atoms with E-state index < -0.39 is 5.92 Å². The molecule has 39 heavy (non-hydrogen) atoms. The van der Waals surface area contributed by atoms with E-state index in [0.29, 0.717) is 34.2 Å². The first-order valence-electron chi connectivity index (χ1n) is 12.7. The molecule has 0 aliphatic carbocycles. The van der Waals surface area contributed by atoms with Crippen LogP contribution in [0.3, 0.4) is 0 Å². The van der Waals surface area contributed by atoms with Gasteiger partial charge < -0.3 is 15.1 Å². The maximum atomic E-state index is 13.3. The number of nitrogens with zero attached hydrogens (tertiary/aromatic N) is 5. The predicted octanol–water partition coefficient (Wildman–Crippen LogP) is 5.44. The average molecular weight is 541 g/mol. The number of rotatable bonds is 8. The van der Waals surface area contributed by atoms with Crippen molar-refractivity contribution in [2.75, 3.05) is 37.4 Å². The zero-order chi connectivity index (χ0) is 27.5. The molecule has 1 aliphatic heterocycles. The number of carbonyl (C=O) groups excluding carboxylic acids is 2. The van der Waals surface area contributed by atoms with Crippen LogP contribution in [0.1, 0.15) is 30.4 Å². The molecule has 1 aliphatic rings. The summed E-state index contributed by atoms with van der Waals surface area (Å²) in [6.07, 6.45) is 4.15. The highest BCUT2D eigenvalue weighted by Crippen LogP contribution is 2.38. The fourth-order valence-electron chi connectivity index (χ4n) is 4.78. The zero-order valence-electron chi connectivity index (χ0n) is 22.1. The van der Waals surface area contributed by atoms with E-state index in [1.54, 1.807) is 36.4 Å². The first-order valence-corrected chi connectivity index (χ1v) is 13.1. The summed E-state index contributed by atoms with van der Waals surface area (Å²) >= 11 is 6.19. The number of benzene rings is 3. The van der Waals surface area contributed by atoms with E-state index in [1.807, 2.05) is 62.6 Å². The Bertz CT molecular complexity index is 1570. The van der Waals surface area contributed by atoms with Crippen molar-refractivity contribution in [3.05, 3.63) is 89.2 Å². The molecule has 1 atom stereocenters. The summed E-state index contributed by atoms with van der Waals surface area (Å²) in [6.45, 7) is 3.09. The third-order valence-electron chi connectivity index (χ3n) is 6.66. The van der Waals surface area contributed by atoms with Gasteiger partial charge in [-0.05, 0) is 86.7 Å². The van der Waals surface area contributed by atoms with Crippen LogP contribution in [0.5, 0.6) is 0 Å². The lowest BCUT2D eigenvalue weighted by molar-refractivity contribution is -0.117. The molecule has 0 bridgehead atoms. The lowest BCUT2D eigenvalue weighted by Crippen LogP contribution is -2.31. The molecule has 3 aromatic carbocycles. The largest absolute Gasteiger partial charge is 0.325 e. The van der Waals surface area contributed by atoms with Crippen molar-refractivity contribution in [2.45, 2.75) is 19.3 Å². The van der Waals surface area contributed by atoms with Crippen molar-refractivity contribution in [1.29, 1.82) is 0 Å². The molecule has 2 heterocycles. The van der Waals surface area contributed by atoms with Crippen LogP contribution in [0.2, 0.25) is 5.02 Å². The van der Waals surface area contributed by atoms with E-state index >= 15 is 0 Å². The maximum absolute atomic E-state index is 13.3. The van der Waals surface area contributed by atoms with Crippen LogP contribution in [0.25, 0.3) is 11.0 Å². The Kier molecular flexibility index (Phi) is 7.67. The zero-order valence-corrected chi connectivity index (χ0v) is 22.8. The number of amides is 2. The van der Waals surface area contributed by atoms with E-state index in [4.69, 9.17) is 16.6 Å². The molecule has 8 nitrogen and oxygen atoms in total. The molecule has 0 fully saturated rings. The number of carbonyl (C=O) groups is 2. The predicted molar refractivity (Wildman–Crippen MR) is 156 cm³/mol. The molecule has 198 valence electrons. The minimum atomic E-state index is -0.634. The quantitative estimate of drug-likeness (QED) is 0.300. The summed E-state index contributed by atoms with van der Waals surface area (Å²) in [7, 11) is 4.03.